The van der Waals surface area contributed by atoms with Gasteiger partial charge in [0.1, 0.15) is 5.69 Å². The van der Waals surface area contributed by atoms with E-state index < -0.39 is 0 Å². The molecule has 1 aromatic heterocycles. The van der Waals surface area contributed by atoms with Crippen molar-refractivity contribution in [2.75, 3.05) is 5.84 Å². The molecule has 0 fully saturated rings. The summed E-state index contributed by atoms with van der Waals surface area (Å²) in [4.78, 5) is 11.7. The van der Waals surface area contributed by atoms with Gasteiger partial charge in [-0.05, 0) is 18.6 Å². The maximum absolute atomic E-state index is 11.7. The Morgan fingerprint density at radius 1 is 1.40 bits per heavy atom. The van der Waals surface area contributed by atoms with Gasteiger partial charge in [0, 0.05) is 11.8 Å². The maximum atomic E-state index is 11.7. The molecule has 3 heteroatoms. The van der Waals surface area contributed by atoms with Crippen molar-refractivity contribution < 1.29 is 4.79 Å². The molecule has 0 aliphatic heterocycles. The van der Waals surface area contributed by atoms with Crippen molar-refractivity contribution in [2.24, 2.45) is 0 Å². The highest BCUT2D eigenvalue weighted by Gasteiger charge is 2.16. The lowest BCUT2D eigenvalue weighted by Crippen LogP contribution is -2.16. The second-order valence-corrected chi connectivity index (χ2v) is 3.64. The number of nitrogen functional groups attached to an aromatic ring is 1. The highest BCUT2D eigenvalue weighted by molar-refractivity contribution is 6.02. The highest BCUT2D eigenvalue weighted by Crippen LogP contribution is 2.24. The van der Waals surface area contributed by atoms with Gasteiger partial charge in [-0.2, -0.15) is 0 Å². The summed E-state index contributed by atoms with van der Waals surface area (Å²) in [6, 6.07) is 7.79. The number of benzene rings is 1. The zero-order valence-electron chi connectivity index (χ0n) is 8.95. The summed E-state index contributed by atoms with van der Waals surface area (Å²) in [7, 11) is 0. The van der Waals surface area contributed by atoms with E-state index in [1.807, 2.05) is 38.1 Å². The smallest absolute Gasteiger partial charge is 0.181 e. The average molecular weight is 202 g/mol. The molecular weight excluding hydrogens is 188 g/mol. The predicted octanol–water partition coefficient (Wildman–Crippen LogP) is 2.26. The number of carbonyl (C=O) groups is 1. The van der Waals surface area contributed by atoms with Crippen molar-refractivity contribution in [3.8, 4) is 0 Å². The van der Waals surface area contributed by atoms with Crippen LogP contribution in [0.1, 0.15) is 29.4 Å². The summed E-state index contributed by atoms with van der Waals surface area (Å²) >= 11 is 0. The monoisotopic (exact) mass is 202 g/mol. The van der Waals surface area contributed by atoms with Crippen molar-refractivity contribution in [1.82, 2.24) is 4.68 Å². The van der Waals surface area contributed by atoms with E-state index in [1.54, 1.807) is 0 Å². The van der Waals surface area contributed by atoms with Gasteiger partial charge in [-0.15, -0.1) is 0 Å². The van der Waals surface area contributed by atoms with Gasteiger partial charge in [0.25, 0.3) is 0 Å². The van der Waals surface area contributed by atoms with E-state index in [2.05, 4.69) is 0 Å². The minimum atomic E-state index is 0.0891. The van der Waals surface area contributed by atoms with E-state index in [0.29, 0.717) is 12.1 Å². The van der Waals surface area contributed by atoms with E-state index >= 15 is 0 Å². The van der Waals surface area contributed by atoms with Crippen LogP contribution in [0, 0.1) is 6.92 Å². The van der Waals surface area contributed by atoms with Gasteiger partial charge in [0.05, 0.1) is 5.52 Å². The molecule has 0 spiro atoms. The van der Waals surface area contributed by atoms with Gasteiger partial charge in [0.2, 0.25) is 0 Å². The molecule has 0 bridgehead atoms. The normalized spacial score (nSPS) is 10.8. The van der Waals surface area contributed by atoms with Crippen molar-refractivity contribution in [3.05, 3.63) is 35.5 Å². The van der Waals surface area contributed by atoms with Gasteiger partial charge >= 0.3 is 0 Å². The molecular formula is C12H14N2O. The van der Waals surface area contributed by atoms with Crippen LogP contribution in [0.5, 0.6) is 0 Å². The van der Waals surface area contributed by atoms with Crippen molar-refractivity contribution in [2.45, 2.75) is 20.3 Å². The molecule has 3 nitrogen and oxygen atoms in total. The standard InChI is InChI=1S/C12H14N2O/c1-3-11(15)12-8(2)9-6-4-5-7-10(9)14(12)13/h4-7H,3,13H2,1-2H3. The first-order chi connectivity index (χ1) is 7.16. The van der Waals surface area contributed by atoms with Crippen LogP contribution in [0.2, 0.25) is 0 Å². The lowest BCUT2D eigenvalue weighted by atomic mass is 10.1. The summed E-state index contributed by atoms with van der Waals surface area (Å²) in [5, 5.41) is 1.05. The van der Waals surface area contributed by atoms with Crippen molar-refractivity contribution >= 4 is 16.7 Å². The summed E-state index contributed by atoms with van der Waals surface area (Å²) in [6.07, 6.45) is 0.481. The number of aryl methyl sites for hydroxylation is 1. The molecule has 15 heavy (non-hydrogen) atoms. The second-order valence-electron chi connectivity index (χ2n) is 3.64. The Balaban J connectivity index is 2.81. The average Bonchev–Trinajstić information content (AvgIpc) is 2.52. The quantitative estimate of drug-likeness (QED) is 0.599. The lowest BCUT2D eigenvalue weighted by molar-refractivity contribution is 0.0981. The molecule has 0 amide bonds. The molecule has 1 aromatic carbocycles. The van der Waals surface area contributed by atoms with E-state index in [9.17, 15) is 4.79 Å². The summed E-state index contributed by atoms with van der Waals surface area (Å²) in [6.45, 7) is 3.79. The number of nitrogens with zero attached hydrogens (tertiary/aromatic N) is 1. The minimum Gasteiger partial charge on any atom is -0.338 e. The Labute approximate surface area is 88.5 Å². The van der Waals surface area contributed by atoms with Gasteiger partial charge in [0.15, 0.2) is 5.78 Å². The summed E-state index contributed by atoms with van der Waals surface area (Å²) in [5.74, 6) is 6.00. The molecule has 1 heterocycles. The Hall–Kier alpha value is -1.77. The number of aromatic nitrogens is 1. The van der Waals surface area contributed by atoms with Crippen LogP contribution in [-0.4, -0.2) is 10.5 Å². The van der Waals surface area contributed by atoms with Gasteiger partial charge in [-0.1, -0.05) is 25.1 Å². The van der Waals surface area contributed by atoms with Crippen LogP contribution in [0.3, 0.4) is 0 Å². The Morgan fingerprint density at radius 3 is 2.67 bits per heavy atom. The number of nitrogens with two attached hydrogens (primary N) is 1. The lowest BCUT2D eigenvalue weighted by Gasteiger charge is -2.02. The Morgan fingerprint density at radius 2 is 2.07 bits per heavy atom. The molecule has 78 valence electrons. The predicted molar refractivity (Wildman–Crippen MR) is 61.4 cm³/mol. The molecule has 0 aliphatic rings. The molecule has 0 aliphatic carbocycles. The molecule has 0 saturated heterocycles. The number of fused-ring (bicyclic) bond motifs is 1. The number of para-hydroxylation sites is 1. The number of carbonyl (C=O) groups excluding carboxylic acids is 1. The SMILES string of the molecule is CCC(=O)c1c(C)c2ccccc2n1N. The first-order valence-corrected chi connectivity index (χ1v) is 5.05. The fourth-order valence-corrected chi connectivity index (χ4v) is 1.94. The first-order valence-electron chi connectivity index (χ1n) is 5.05. The molecule has 2 rings (SSSR count). The fraction of sp³-hybridized carbons (Fsp3) is 0.250. The van der Waals surface area contributed by atoms with E-state index in [1.165, 1.54) is 4.68 Å². The van der Waals surface area contributed by atoms with Crippen LogP contribution >= 0.6 is 0 Å². The zero-order chi connectivity index (χ0) is 11.0. The molecule has 0 atom stereocenters. The third-order valence-corrected chi connectivity index (χ3v) is 2.75. The number of hydrogen-bond donors (Lipinski definition) is 1. The minimum absolute atomic E-state index is 0.0891. The van der Waals surface area contributed by atoms with E-state index in [0.717, 1.165) is 16.5 Å². The third kappa shape index (κ3) is 1.31. The first kappa shape index (κ1) is 9.77. The van der Waals surface area contributed by atoms with E-state index in [-0.39, 0.29) is 5.78 Å². The number of ketones is 1. The number of hydrogen-bond acceptors (Lipinski definition) is 2. The highest BCUT2D eigenvalue weighted by atomic mass is 16.1. The molecule has 2 aromatic rings. The largest absolute Gasteiger partial charge is 0.338 e. The summed E-state index contributed by atoms with van der Waals surface area (Å²) < 4.78 is 1.50. The Kier molecular flexibility index (Phi) is 2.23. The maximum Gasteiger partial charge on any atom is 0.181 e. The number of rotatable bonds is 2. The van der Waals surface area contributed by atoms with Crippen molar-refractivity contribution in [3.63, 3.8) is 0 Å². The van der Waals surface area contributed by atoms with Gasteiger partial charge < -0.3 is 5.84 Å². The van der Waals surface area contributed by atoms with Gasteiger partial charge in [-0.3, -0.25) is 9.47 Å². The van der Waals surface area contributed by atoms with E-state index in [4.69, 9.17) is 5.84 Å². The van der Waals surface area contributed by atoms with Crippen LogP contribution in [0.15, 0.2) is 24.3 Å². The Bertz CT molecular complexity index is 487. The molecule has 2 N–H and O–H groups in total. The van der Waals surface area contributed by atoms with Crippen LogP contribution in [0.25, 0.3) is 10.9 Å². The number of Topliss-reactive ketones (excluding diaryl/α,β-unsaturated/α-hetero) is 1. The molecule has 0 radical (unpaired) electrons. The molecule has 0 unspecified atom stereocenters. The van der Waals surface area contributed by atoms with Crippen LogP contribution in [-0.2, 0) is 0 Å². The third-order valence-electron chi connectivity index (χ3n) is 2.75. The van der Waals surface area contributed by atoms with Crippen LogP contribution in [0.4, 0.5) is 0 Å². The van der Waals surface area contributed by atoms with Crippen LogP contribution < -0.4 is 5.84 Å². The fourth-order valence-electron chi connectivity index (χ4n) is 1.94. The zero-order valence-corrected chi connectivity index (χ0v) is 8.95. The topological polar surface area (TPSA) is 48.0 Å². The summed E-state index contributed by atoms with van der Waals surface area (Å²) in [5.41, 5.74) is 2.51. The second kappa shape index (κ2) is 3.42. The molecule has 0 saturated carbocycles. The van der Waals surface area contributed by atoms with Gasteiger partial charge in [-0.25, -0.2) is 0 Å². The van der Waals surface area contributed by atoms with Crippen molar-refractivity contribution in [1.29, 1.82) is 0 Å².